The minimum Gasteiger partial charge on any atom is -0.486 e. The number of aryl methyl sites for hydroxylation is 3. The Balaban J connectivity index is 1.67. The molecule has 132 valence electrons. The lowest BCUT2D eigenvalue weighted by Gasteiger charge is -2.20. The molecule has 6 heteroatoms. The van der Waals surface area contributed by atoms with Crippen molar-refractivity contribution in [3.05, 3.63) is 46.0 Å². The van der Waals surface area contributed by atoms with Crippen LogP contribution in [0.4, 0.5) is 11.4 Å². The molecule has 1 aliphatic heterocycles. The first-order valence-electron chi connectivity index (χ1n) is 8.15. The Kier molecular flexibility index (Phi) is 5.04. The summed E-state index contributed by atoms with van der Waals surface area (Å²) in [4.78, 5) is 12.3. The number of nitrogens with one attached hydrogen (secondary N) is 2. The van der Waals surface area contributed by atoms with Crippen molar-refractivity contribution < 1.29 is 14.3 Å². The smallest absolute Gasteiger partial charge is 0.243 e. The molecule has 2 N–H and O–H groups in total. The first-order chi connectivity index (χ1) is 11.9. The lowest BCUT2D eigenvalue weighted by atomic mass is 10.1. The van der Waals surface area contributed by atoms with Gasteiger partial charge < -0.3 is 20.1 Å². The average molecular weight is 361 g/mol. The fourth-order valence-electron chi connectivity index (χ4n) is 2.98. The summed E-state index contributed by atoms with van der Waals surface area (Å²) in [6.07, 6.45) is 0. The number of ether oxygens (including phenoxy) is 2. The molecule has 0 fully saturated rings. The second-order valence-electron chi connectivity index (χ2n) is 6.15. The summed E-state index contributed by atoms with van der Waals surface area (Å²) in [7, 11) is 0. The van der Waals surface area contributed by atoms with Gasteiger partial charge in [-0.05, 0) is 31.9 Å². The third-order valence-corrected chi connectivity index (χ3v) is 4.32. The van der Waals surface area contributed by atoms with Crippen LogP contribution in [0.2, 0.25) is 5.02 Å². The van der Waals surface area contributed by atoms with Crippen LogP contribution in [0.5, 0.6) is 11.5 Å². The van der Waals surface area contributed by atoms with Gasteiger partial charge in [0.15, 0.2) is 11.5 Å². The predicted molar refractivity (Wildman–Crippen MR) is 100 cm³/mol. The van der Waals surface area contributed by atoms with E-state index in [4.69, 9.17) is 21.1 Å². The van der Waals surface area contributed by atoms with Crippen molar-refractivity contribution in [1.29, 1.82) is 0 Å². The quantitative estimate of drug-likeness (QED) is 0.862. The van der Waals surface area contributed by atoms with Gasteiger partial charge in [0, 0.05) is 17.8 Å². The molecule has 0 bridgehead atoms. The van der Waals surface area contributed by atoms with Gasteiger partial charge in [-0.3, -0.25) is 4.79 Å². The molecule has 1 amide bonds. The van der Waals surface area contributed by atoms with Crippen molar-refractivity contribution in [3.8, 4) is 11.5 Å². The second kappa shape index (κ2) is 7.23. The van der Waals surface area contributed by atoms with Crippen LogP contribution in [0.1, 0.15) is 16.7 Å². The molecule has 0 aliphatic carbocycles. The zero-order valence-corrected chi connectivity index (χ0v) is 15.3. The number of benzene rings is 2. The zero-order valence-electron chi connectivity index (χ0n) is 14.5. The number of halogens is 1. The van der Waals surface area contributed by atoms with E-state index in [0.717, 1.165) is 16.8 Å². The van der Waals surface area contributed by atoms with Crippen molar-refractivity contribution in [3.63, 3.8) is 0 Å². The zero-order chi connectivity index (χ0) is 18.0. The van der Waals surface area contributed by atoms with E-state index < -0.39 is 0 Å². The van der Waals surface area contributed by atoms with Crippen molar-refractivity contribution in [2.75, 3.05) is 30.4 Å². The van der Waals surface area contributed by atoms with Crippen LogP contribution in [0.3, 0.4) is 0 Å². The van der Waals surface area contributed by atoms with E-state index in [0.29, 0.717) is 35.4 Å². The minimum atomic E-state index is -0.182. The van der Waals surface area contributed by atoms with E-state index in [1.165, 1.54) is 5.56 Å². The molecule has 0 saturated carbocycles. The third-order valence-electron chi connectivity index (χ3n) is 4.01. The van der Waals surface area contributed by atoms with Gasteiger partial charge in [0.2, 0.25) is 5.91 Å². The van der Waals surface area contributed by atoms with Crippen LogP contribution in [0.15, 0.2) is 24.3 Å². The SMILES string of the molecule is Cc1cc(C)c(NCC(=O)Nc2cc3c(cc2Cl)OCCO3)c(C)c1. The maximum Gasteiger partial charge on any atom is 0.243 e. The molecule has 2 aromatic rings. The van der Waals surface area contributed by atoms with Crippen LogP contribution < -0.4 is 20.1 Å². The number of hydrogen-bond donors (Lipinski definition) is 2. The molecule has 0 aromatic heterocycles. The summed E-state index contributed by atoms with van der Waals surface area (Å²) in [5.74, 6) is 1.00. The van der Waals surface area contributed by atoms with Gasteiger partial charge in [-0.25, -0.2) is 0 Å². The molecular formula is C19H21ClN2O3. The number of anilines is 2. The standard InChI is InChI=1S/C19H21ClN2O3/c1-11-6-12(2)19(13(3)7-11)21-10-18(23)22-15-9-17-16(8-14(15)20)24-4-5-25-17/h6-9,21H,4-5,10H2,1-3H3,(H,22,23). The molecule has 0 atom stereocenters. The van der Waals surface area contributed by atoms with Gasteiger partial charge in [0.05, 0.1) is 17.3 Å². The van der Waals surface area contributed by atoms with Crippen LogP contribution in [0, 0.1) is 20.8 Å². The highest BCUT2D eigenvalue weighted by Gasteiger charge is 2.16. The van der Waals surface area contributed by atoms with Crippen LogP contribution in [0.25, 0.3) is 0 Å². The number of fused-ring (bicyclic) bond motifs is 1. The summed E-state index contributed by atoms with van der Waals surface area (Å²) in [6.45, 7) is 7.23. The Morgan fingerprint density at radius 2 is 1.64 bits per heavy atom. The molecule has 0 spiro atoms. The number of carbonyl (C=O) groups is 1. The Morgan fingerprint density at radius 1 is 1.04 bits per heavy atom. The van der Waals surface area contributed by atoms with E-state index in [1.54, 1.807) is 12.1 Å². The topological polar surface area (TPSA) is 59.6 Å². The van der Waals surface area contributed by atoms with E-state index in [2.05, 4.69) is 29.7 Å². The summed E-state index contributed by atoms with van der Waals surface area (Å²) < 4.78 is 11.0. The third kappa shape index (κ3) is 3.99. The van der Waals surface area contributed by atoms with Gasteiger partial charge in [-0.2, -0.15) is 0 Å². The van der Waals surface area contributed by atoms with Crippen molar-refractivity contribution in [2.45, 2.75) is 20.8 Å². The molecular weight excluding hydrogens is 340 g/mol. The van der Waals surface area contributed by atoms with E-state index >= 15 is 0 Å². The fraction of sp³-hybridized carbons (Fsp3) is 0.316. The van der Waals surface area contributed by atoms with Gasteiger partial charge in [0.1, 0.15) is 13.2 Å². The van der Waals surface area contributed by atoms with E-state index in [-0.39, 0.29) is 12.5 Å². The molecule has 1 heterocycles. The lowest BCUT2D eigenvalue weighted by Crippen LogP contribution is -2.23. The summed E-state index contributed by atoms with van der Waals surface area (Å²) in [5.41, 5.74) is 4.92. The Labute approximate surface area is 152 Å². The van der Waals surface area contributed by atoms with E-state index in [1.807, 2.05) is 13.8 Å². The van der Waals surface area contributed by atoms with Crippen LogP contribution in [-0.4, -0.2) is 25.7 Å². The van der Waals surface area contributed by atoms with Crippen LogP contribution in [-0.2, 0) is 4.79 Å². The first-order valence-corrected chi connectivity index (χ1v) is 8.52. The minimum absolute atomic E-state index is 0.148. The van der Waals surface area contributed by atoms with Crippen molar-refractivity contribution >= 4 is 28.9 Å². The predicted octanol–water partition coefficient (Wildman–Crippen LogP) is 4.09. The summed E-state index contributed by atoms with van der Waals surface area (Å²) in [6, 6.07) is 7.53. The van der Waals surface area contributed by atoms with Gasteiger partial charge >= 0.3 is 0 Å². The maximum absolute atomic E-state index is 12.3. The highest BCUT2D eigenvalue weighted by molar-refractivity contribution is 6.34. The lowest BCUT2D eigenvalue weighted by molar-refractivity contribution is -0.114. The molecule has 2 aromatic carbocycles. The largest absolute Gasteiger partial charge is 0.486 e. The molecule has 0 radical (unpaired) electrons. The fourth-order valence-corrected chi connectivity index (χ4v) is 3.18. The number of rotatable bonds is 4. The highest BCUT2D eigenvalue weighted by atomic mass is 35.5. The molecule has 0 saturated heterocycles. The molecule has 5 nitrogen and oxygen atoms in total. The number of amides is 1. The van der Waals surface area contributed by atoms with Crippen molar-refractivity contribution in [2.24, 2.45) is 0 Å². The summed E-state index contributed by atoms with van der Waals surface area (Å²) >= 11 is 6.22. The molecule has 0 unspecified atom stereocenters. The first kappa shape index (κ1) is 17.4. The Hall–Kier alpha value is -2.40. The van der Waals surface area contributed by atoms with Gasteiger partial charge in [0.25, 0.3) is 0 Å². The average Bonchev–Trinajstić information content (AvgIpc) is 2.54. The monoisotopic (exact) mass is 360 g/mol. The van der Waals surface area contributed by atoms with Crippen molar-refractivity contribution in [1.82, 2.24) is 0 Å². The second-order valence-corrected chi connectivity index (χ2v) is 6.56. The van der Waals surface area contributed by atoms with Gasteiger partial charge in [-0.15, -0.1) is 0 Å². The number of hydrogen-bond acceptors (Lipinski definition) is 4. The normalized spacial score (nSPS) is 12.6. The highest BCUT2D eigenvalue weighted by Crippen LogP contribution is 2.37. The van der Waals surface area contributed by atoms with Crippen LogP contribution >= 0.6 is 11.6 Å². The molecule has 3 rings (SSSR count). The van der Waals surface area contributed by atoms with E-state index in [9.17, 15) is 4.79 Å². The maximum atomic E-state index is 12.3. The Morgan fingerprint density at radius 3 is 2.28 bits per heavy atom. The number of carbonyl (C=O) groups excluding carboxylic acids is 1. The summed E-state index contributed by atoms with van der Waals surface area (Å²) in [5, 5.41) is 6.43. The molecule has 1 aliphatic rings. The molecule has 25 heavy (non-hydrogen) atoms. The van der Waals surface area contributed by atoms with Gasteiger partial charge in [-0.1, -0.05) is 29.3 Å². The Bertz CT molecular complexity index is 798.